The predicted molar refractivity (Wildman–Crippen MR) is 156 cm³/mol. The number of methoxy groups -OCH3 is 2. The van der Waals surface area contributed by atoms with Crippen molar-refractivity contribution in [1.82, 2.24) is 9.47 Å². The van der Waals surface area contributed by atoms with Crippen molar-refractivity contribution in [2.75, 3.05) is 33.9 Å². The molecule has 1 saturated heterocycles. The molecule has 0 bridgehead atoms. The van der Waals surface area contributed by atoms with Crippen LogP contribution in [0.15, 0.2) is 36.5 Å². The lowest BCUT2D eigenvalue weighted by Crippen LogP contribution is -2.53. The van der Waals surface area contributed by atoms with Crippen molar-refractivity contribution < 1.29 is 42.4 Å². The van der Waals surface area contributed by atoms with E-state index in [1.165, 1.54) is 32.5 Å². The van der Waals surface area contributed by atoms with Gasteiger partial charge in [0.1, 0.15) is 6.10 Å². The van der Waals surface area contributed by atoms with Gasteiger partial charge in [0, 0.05) is 55.3 Å². The molecule has 236 valence electrons. The number of piperidine rings is 1. The molecule has 5 rings (SSSR count). The Balaban J connectivity index is 1.33. The molecular formula is C32H36F3N3O6. The number of alkyl halides is 3. The maximum absolute atomic E-state index is 14.7. The molecule has 2 N–H and O–H groups in total. The van der Waals surface area contributed by atoms with E-state index in [1.807, 2.05) is 0 Å². The normalized spacial score (nSPS) is 17.7. The van der Waals surface area contributed by atoms with Crippen LogP contribution in [-0.4, -0.2) is 71.8 Å². The minimum atomic E-state index is -4.94. The summed E-state index contributed by atoms with van der Waals surface area (Å²) in [6.07, 6.45) is -0.835. The number of carboxylic acids is 1. The standard InChI is InChI=1S/C32H36F3N3O6/c1-36-22-7-8-24-25(18-38(26(24)16-22)17-20-4-5-20)31(41,32(33,34)35)19-37-12-10-23(11-13-37)44-30-27(42-2)14-21(6-9-29(39)40)15-28(30)43-3/h7-8,14-16,18,20,23,41H,4-6,9-13,17,19H2,2-3H3,(H,39,40). The number of nitrogens with zero attached hydrogens (tertiary/aromatic N) is 3. The SMILES string of the molecule is [C-]#[N+]c1ccc2c(C(O)(CN3CCC(Oc4c(OC)cc(CCC(=O)O)cc4OC)CC3)C(F)(F)F)cn(CC3CC3)c2c1. The first-order valence-corrected chi connectivity index (χ1v) is 14.6. The van der Waals surface area contributed by atoms with Crippen LogP contribution in [0.5, 0.6) is 17.2 Å². The maximum atomic E-state index is 14.7. The number of carbonyl (C=O) groups is 1. The molecule has 44 heavy (non-hydrogen) atoms. The van der Waals surface area contributed by atoms with Crippen molar-refractivity contribution in [2.24, 2.45) is 5.92 Å². The van der Waals surface area contributed by atoms with Crippen LogP contribution in [0.3, 0.4) is 0 Å². The number of hydrogen-bond donors (Lipinski definition) is 2. The van der Waals surface area contributed by atoms with Gasteiger partial charge < -0.3 is 29.0 Å². The van der Waals surface area contributed by atoms with Crippen molar-refractivity contribution in [3.05, 3.63) is 59.1 Å². The first-order chi connectivity index (χ1) is 20.9. The monoisotopic (exact) mass is 615 g/mol. The number of carboxylic acid groups (broad SMARTS) is 1. The van der Waals surface area contributed by atoms with Gasteiger partial charge in [-0.25, -0.2) is 4.85 Å². The minimum absolute atomic E-state index is 0.0572. The number of benzene rings is 2. The Morgan fingerprint density at radius 3 is 2.27 bits per heavy atom. The van der Waals surface area contributed by atoms with Gasteiger partial charge in [-0.2, -0.15) is 13.2 Å². The van der Waals surface area contributed by atoms with E-state index in [1.54, 1.807) is 27.7 Å². The number of β-amino-alcohol motifs (C(OH)–C–C–N with tert-alkyl or cyclic N) is 1. The summed E-state index contributed by atoms with van der Waals surface area (Å²) in [6, 6.07) is 7.97. The van der Waals surface area contributed by atoms with Gasteiger partial charge in [-0.1, -0.05) is 12.1 Å². The molecule has 1 saturated carbocycles. The number of halogens is 3. The highest BCUT2D eigenvalue weighted by atomic mass is 19.4. The Morgan fingerprint density at radius 2 is 1.73 bits per heavy atom. The number of rotatable bonds is 12. The predicted octanol–water partition coefficient (Wildman–Crippen LogP) is 5.93. The van der Waals surface area contributed by atoms with Gasteiger partial charge in [-0.15, -0.1) is 0 Å². The van der Waals surface area contributed by atoms with Gasteiger partial charge in [0.05, 0.1) is 20.8 Å². The molecule has 1 atom stereocenters. The van der Waals surface area contributed by atoms with Gasteiger partial charge in [0.15, 0.2) is 17.2 Å². The molecule has 12 heteroatoms. The molecular weight excluding hydrogens is 579 g/mol. The average Bonchev–Trinajstić information content (AvgIpc) is 3.75. The third kappa shape index (κ3) is 6.59. The van der Waals surface area contributed by atoms with E-state index in [2.05, 4.69) is 4.85 Å². The quantitative estimate of drug-likeness (QED) is 0.244. The first-order valence-electron chi connectivity index (χ1n) is 14.6. The van der Waals surface area contributed by atoms with Crippen LogP contribution in [0, 0.1) is 12.5 Å². The van der Waals surface area contributed by atoms with Crippen LogP contribution in [-0.2, 0) is 23.4 Å². The van der Waals surface area contributed by atoms with Crippen LogP contribution >= 0.6 is 0 Å². The largest absolute Gasteiger partial charge is 0.493 e. The third-order valence-electron chi connectivity index (χ3n) is 8.48. The number of ether oxygens (including phenoxy) is 3. The number of aryl methyl sites for hydroxylation is 1. The molecule has 1 aromatic heterocycles. The highest BCUT2D eigenvalue weighted by Gasteiger charge is 2.57. The smallest absolute Gasteiger partial charge is 0.422 e. The lowest BCUT2D eigenvalue weighted by atomic mass is 9.91. The molecule has 0 amide bonds. The van der Waals surface area contributed by atoms with Crippen LogP contribution in [0.4, 0.5) is 18.9 Å². The molecule has 9 nitrogen and oxygen atoms in total. The summed E-state index contributed by atoms with van der Waals surface area (Å²) in [5, 5.41) is 20.8. The topological polar surface area (TPSA) is 97.8 Å². The summed E-state index contributed by atoms with van der Waals surface area (Å²) in [5.41, 5.74) is -1.76. The zero-order valence-corrected chi connectivity index (χ0v) is 24.7. The second-order valence-electron chi connectivity index (χ2n) is 11.6. The molecule has 2 aliphatic rings. The number of aliphatic carboxylic acids is 1. The van der Waals surface area contributed by atoms with E-state index in [0.717, 1.165) is 12.8 Å². The summed E-state index contributed by atoms with van der Waals surface area (Å²) in [4.78, 5) is 16.1. The number of aliphatic hydroxyl groups is 1. The summed E-state index contributed by atoms with van der Waals surface area (Å²) < 4.78 is 63.2. The van der Waals surface area contributed by atoms with E-state index >= 15 is 0 Å². The van der Waals surface area contributed by atoms with E-state index in [9.17, 15) is 23.1 Å². The third-order valence-corrected chi connectivity index (χ3v) is 8.48. The van der Waals surface area contributed by atoms with Crippen LogP contribution in [0.2, 0.25) is 0 Å². The van der Waals surface area contributed by atoms with Crippen LogP contribution < -0.4 is 14.2 Å². The minimum Gasteiger partial charge on any atom is -0.493 e. The molecule has 2 fully saturated rings. The molecule has 1 aliphatic heterocycles. The lowest BCUT2D eigenvalue weighted by Gasteiger charge is -2.39. The Kier molecular flexibility index (Phi) is 9.00. The van der Waals surface area contributed by atoms with Crippen molar-refractivity contribution in [3.63, 3.8) is 0 Å². The zero-order chi connectivity index (χ0) is 31.6. The van der Waals surface area contributed by atoms with E-state index < -0.39 is 24.3 Å². The molecule has 2 aromatic carbocycles. The maximum Gasteiger partial charge on any atom is 0.422 e. The van der Waals surface area contributed by atoms with Crippen LogP contribution in [0.25, 0.3) is 15.7 Å². The average molecular weight is 616 g/mol. The molecule has 1 aliphatic carbocycles. The summed E-state index contributed by atoms with van der Waals surface area (Å²) in [5.74, 6) is 0.559. The van der Waals surface area contributed by atoms with Crippen LogP contribution in [0.1, 0.15) is 43.2 Å². The summed E-state index contributed by atoms with van der Waals surface area (Å²) in [6.45, 7) is 7.77. The Bertz CT molecular complexity index is 1530. The fraction of sp³-hybridized carbons (Fsp3) is 0.500. The fourth-order valence-electron chi connectivity index (χ4n) is 5.86. The highest BCUT2D eigenvalue weighted by Crippen LogP contribution is 2.45. The fourth-order valence-corrected chi connectivity index (χ4v) is 5.86. The number of fused-ring (bicyclic) bond motifs is 1. The zero-order valence-electron chi connectivity index (χ0n) is 24.7. The first kappa shape index (κ1) is 31.5. The molecule has 0 spiro atoms. The van der Waals surface area contributed by atoms with Crippen molar-refractivity contribution in [1.29, 1.82) is 0 Å². The van der Waals surface area contributed by atoms with Gasteiger partial charge in [0.2, 0.25) is 11.4 Å². The number of likely N-dealkylation sites (tertiary alicyclic amines) is 1. The molecule has 3 aromatic rings. The van der Waals surface area contributed by atoms with E-state index in [4.69, 9.17) is 25.9 Å². The van der Waals surface area contributed by atoms with Gasteiger partial charge in [0.25, 0.3) is 0 Å². The molecule has 1 unspecified atom stereocenters. The number of aromatic nitrogens is 1. The van der Waals surface area contributed by atoms with Gasteiger partial charge in [-0.3, -0.25) is 9.69 Å². The van der Waals surface area contributed by atoms with Crippen molar-refractivity contribution >= 4 is 22.6 Å². The van der Waals surface area contributed by atoms with Gasteiger partial charge in [-0.05, 0) is 61.8 Å². The lowest BCUT2D eigenvalue weighted by molar-refractivity contribution is -0.272. The van der Waals surface area contributed by atoms with Crippen molar-refractivity contribution in [2.45, 2.75) is 63.0 Å². The van der Waals surface area contributed by atoms with E-state index in [0.29, 0.717) is 64.7 Å². The second-order valence-corrected chi connectivity index (χ2v) is 11.6. The summed E-state index contributed by atoms with van der Waals surface area (Å²) >= 11 is 0. The van der Waals surface area contributed by atoms with Gasteiger partial charge >= 0.3 is 12.1 Å². The Hall–Kier alpha value is -3.95. The Labute approximate surface area is 253 Å². The second kappa shape index (κ2) is 12.6. The number of hydrogen-bond acceptors (Lipinski definition) is 6. The molecule has 2 heterocycles. The van der Waals surface area contributed by atoms with Crippen molar-refractivity contribution in [3.8, 4) is 17.2 Å². The Morgan fingerprint density at radius 1 is 1.07 bits per heavy atom. The highest BCUT2D eigenvalue weighted by molar-refractivity contribution is 5.88. The molecule has 0 radical (unpaired) electrons. The van der Waals surface area contributed by atoms with E-state index in [-0.39, 0.29) is 37.6 Å². The summed E-state index contributed by atoms with van der Waals surface area (Å²) in [7, 11) is 2.93.